The van der Waals surface area contributed by atoms with Crippen molar-refractivity contribution in [2.75, 3.05) is 14.2 Å². The van der Waals surface area contributed by atoms with Gasteiger partial charge >= 0.3 is 0 Å². The Bertz CT molecular complexity index is 1320. The average Bonchev–Trinajstić information content (AvgIpc) is 2.87. The lowest BCUT2D eigenvalue weighted by atomic mass is 10.1. The van der Waals surface area contributed by atoms with Crippen LogP contribution < -0.4 is 14.2 Å². The minimum Gasteiger partial charge on any atom is -0.497 e. The van der Waals surface area contributed by atoms with Crippen molar-refractivity contribution in [3.63, 3.8) is 0 Å². The number of ether oxygens (including phenoxy) is 3. The Hall–Kier alpha value is -4.45. The highest BCUT2D eigenvalue weighted by atomic mass is 16.5. The van der Waals surface area contributed by atoms with Gasteiger partial charge in [0.15, 0.2) is 5.78 Å². The number of rotatable bonds is 8. The number of fused-ring (bicyclic) bond motifs is 1. The summed E-state index contributed by atoms with van der Waals surface area (Å²) < 4.78 is 16.5. The van der Waals surface area contributed by atoms with Crippen LogP contribution in [-0.2, 0) is 4.79 Å². The highest BCUT2D eigenvalue weighted by Crippen LogP contribution is 2.27. The number of nitrogens with zero attached hydrogens (tertiary/aromatic N) is 2. The highest BCUT2D eigenvalue weighted by Gasteiger charge is 2.06. The molecule has 33 heavy (non-hydrogen) atoms. The van der Waals surface area contributed by atoms with E-state index in [0.717, 1.165) is 22.0 Å². The molecule has 4 aromatic rings. The lowest BCUT2D eigenvalue weighted by Gasteiger charge is -2.07. The maximum absolute atomic E-state index is 12.3. The fourth-order valence-electron chi connectivity index (χ4n) is 3.20. The van der Waals surface area contributed by atoms with Crippen molar-refractivity contribution in [1.82, 2.24) is 9.97 Å². The second kappa shape index (κ2) is 10.2. The molecule has 0 fully saturated rings. The van der Waals surface area contributed by atoms with E-state index in [4.69, 9.17) is 14.2 Å². The van der Waals surface area contributed by atoms with Crippen LogP contribution in [0.5, 0.6) is 23.1 Å². The van der Waals surface area contributed by atoms with Crippen molar-refractivity contribution in [1.29, 1.82) is 0 Å². The van der Waals surface area contributed by atoms with Crippen LogP contribution in [0.4, 0.5) is 0 Å². The first-order chi connectivity index (χ1) is 16.2. The highest BCUT2D eigenvalue weighted by molar-refractivity contribution is 6.04. The topological polar surface area (TPSA) is 70.5 Å². The van der Waals surface area contributed by atoms with Gasteiger partial charge in [-0.1, -0.05) is 30.3 Å². The van der Waals surface area contributed by atoms with Crippen LogP contribution in [0.2, 0.25) is 0 Å². The predicted molar refractivity (Wildman–Crippen MR) is 129 cm³/mol. The van der Waals surface area contributed by atoms with Crippen molar-refractivity contribution in [3.05, 3.63) is 96.3 Å². The van der Waals surface area contributed by atoms with E-state index in [2.05, 4.69) is 9.97 Å². The molecule has 0 amide bonds. The molecular weight excluding hydrogens is 416 g/mol. The van der Waals surface area contributed by atoms with Crippen LogP contribution in [0, 0.1) is 0 Å². The van der Waals surface area contributed by atoms with E-state index in [0.29, 0.717) is 23.1 Å². The van der Waals surface area contributed by atoms with Crippen molar-refractivity contribution in [2.45, 2.75) is 0 Å². The standard InChI is InChI=1S/C27H22N2O4/c1-31-23-15-16-26(32-2)20(17-23)10-12-21(30)11-7-19-8-13-22(14-9-19)33-27-24-5-3-4-6-25(24)28-18-29-27/h3-18H,1-2H3/b11-7+,12-10+. The molecule has 4 rings (SSSR count). The average molecular weight is 438 g/mol. The van der Waals surface area contributed by atoms with E-state index >= 15 is 0 Å². The normalized spacial score (nSPS) is 11.2. The Labute approximate surface area is 191 Å². The summed E-state index contributed by atoms with van der Waals surface area (Å²) in [5, 5.41) is 0.842. The number of carbonyl (C=O) groups is 1. The summed E-state index contributed by atoms with van der Waals surface area (Å²) in [6.07, 6.45) is 7.94. The van der Waals surface area contributed by atoms with Gasteiger partial charge in [0.25, 0.3) is 0 Å². The van der Waals surface area contributed by atoms with Gasteiger partial charge in [-0.05, 0) is 66.3 Å². The second-order valence-electron chi connectivity index (χ2n) is 7.04. The zero-order valence-electron chi connectivity index (χ0n) is 18.3. The van der Waals surface area contributed by atoms with Gasteiger partial charge in [-0.3, -0.25) is 4.79 Å². The predicted octanol–water partition coefficient (Wildman–Crippen LogP) is 5.74. The van der Waals surface area contributed by atoms with Gasteiger partial charge in [0.1, 0.15) is 23.6 Å². The molecule has 0 aliphatic heterocycles. The van der Waals surface area contributed by atoms with Gasteiger partial charge < -0.3 is 14.2 Å². The molecule has 6 heteroatoms. The number of benzene rings is 3. The van der Waals surface area contributed by atoms with E-state index in [1.807, 2.05) is 54.6 Å². The summed E-state index contributed by atoms with van der Waals surface area (Å²) in [6, 6.07) is 20.5. The second-order valence-corrected chi connectivity index (χ2v) is 7.04. The molecule has 0 atom stereocenters. The molecule has 3 aromatic carbocycles. The van der Waals surface area contributed by atoms with E-state index in [1.54, 1.807) is 38.5 Å². The largest absolute Gasteiger partial charge is 0.497 e. The first kappa shape index (κ1) is 21.8. The van der Waals surface area contributed by atoms with Crippen LogP contribution in [0.15, 0.2) is 85.2 Å². The molecule has 0 saturated carbocycles. The maximum Gasteiger partial charge on any atom is 0.230 e. The van der Waals surface area contributed by atoms with Crippen molar-refractivity contribution < 1.29 is 19.0 Å². The van der Waals surface area contributed by atoms with Gasteiger partial charge in [-0.15, -0.1) is 0 Å². The summed E-state index contributed by atoms with van der Waals surface area (Å²) in [6.45, 7) is 0. The minimum atomic E-state index is -0.146. The first-order valence-corrected chi connectivity index (χ1v) is 10.3. The quantitative estimate of drug-likeness (QED) is 0.327. The van der Waals surface area contributed by atoms with Gasteiger partial charge in [-0.2, -0.15) is 0 Å². The Morgan fingerprint density at radius 3 is 2.36 bits per heavy atom. The van der Waals surface area contributed by atoms with Crippen molar-refractivity contribution >= 4 is 28.8 Å². The summed E-state index contributed by atoms with van der Waals surface area (Å²) in [7, 11) is 3.18. The molecule has 164 valence electrons. The fourth-order valence-corrected chi connectivity index (χ4v) is 3.20. The van der Waals surface area contributed by atoms with E-state index in [9.17, 15) is 4.79 Å². The summed E-state index contributed by atoms with van der Waals surface area (Å²) >= 11 is 0. The molecule has 1 aromatic heterocycles. The molecule has 0 radical (unpaired) electrons. The summed E-state index contributed by atoms with van der Waals surface area (Å²) in [5.41, 5.74) is 2.45. The van der Waals surface area contributed by atoms with Gasteiger partial charge in [0, 0.05) is 5.56 Å². The molecule has 0 unspecified atom stereocenters. The number of hydrogen-bond acceptors (Lipinski definition) is 6. The van der Waals surface area contributed by atoms with Crippen LogP contribution in [0.25, 0.3) is 23.1 Å². The lowest BCUT2D eigenvalue weighted by molar-refractivity contribution is -0.110. The molecule has 0 N–H and O–H groups in total. The van der Waals surface area contributed by atoms with Crippen LogP contribution in [0.3, 0.4) is 0 Å². The van der Waals surface area contributed by atoms with Gasteiger partial charge in [-0.25, -0.2) is 9.97 Å². The SMILES string of the molecule is COc1ccc(OC)c(/C=C/C(=O)/C=C/c2ccc(Oc3ncnc4ccccc34)cc2)c1. The molecule has 1 heterocycles. The van der Waals surface area contributed by atoms with Crippen LogP contribution in [-0.4, -0.2) is 30.0 Å². The number of allylic oxidation sites excluding steroid dienone is 2. The summed E-state index contributed by atoms with van der Waals surface area (Å²) in [5.74, 6) is 2.35. The smallest absolute Gasteiger partial charge is 0.230 e. The zero-order chi connectivity index (χ0) is 23.0. The maximum atomic E-state index is 12.3. The number of hydrogen-bond donors (Lipinski definition) is 0. The number of carbonyl (C=O) groups excluding carboxylic acids is 1. The Balaban J connectivity index is 1.42. The molecule has 0 spiro atoms. The zero-order valence-corrected chi connectivity index (χ0v) is 18.3. The van der Waals surface area contributed by atoms with E-state index in [1.165, 1.54) is 18.5 Å². The van der Waals surface area contributed by atoms with Crippen LogP contribution in [0.1, 0.15) is 11.1 Å². The first-order valence-electron chi connectivity index (χ1n) is 10.3. The third kappa shape index (κ3) is 5.43. The van der Waals surface area contributed by atoms with Gasteiger partial charge in [0.05, 0.1) is 25.1 Å². The summed E-state index contributed by atoms with van der Waals surface area (Å²) in [4.78, 5) is 20.8. The molecule has 0 aliphatic carbocycles. The monoisotopic (exact) mass is 438 g/mol. The Morgan fingerprint density at radius 2 is 1.58 bits per heavy atom. The molecule has 6 nitrogen and oxygen atoms in total. The van der Waals surface area contributed by atoms with Gasteiger partial charge in [0.2, 0.25) is 5.88 Å². The molecule has 0 bridgehead atoms. The van der Waals surface area contributed by atoms with Crippen molar-refractivity contribution in [3.8, 4) is 23.1 Å². The minimum absolute atomic E-state index is 0.146. The molecular formula is C27H22N2O4. The van der Waals surface area contributed by atoms with E-state index in [-0.39, 0.29) is 5.78 Å². The number of para-hydroxylation sites is 1. The fraction of sp³-hybridized carbons (Fsp3) is 0.0741. The Morgan fingerprint density at radius 1 is 0.818 bits per heavy atom. The van der Waals surface area contributed by atoms with Crippen molar-refractivity contribution in [2.24, 2.45) is 0 Å². The number of aromatic nitrogens is 2. The Kier molecular flexibility index (Phi) is 6.75. The third-order valence-corrected chi connectivity index (χ3v) is 4.90. The third-order valence-electron chi connectivity index (χ3n) is 4.90. The molecule has 0 saturated heterocycles. The number of ketones is 1. The van der Waals surface area contributed by atoms with E-state index < -0.39 is 0 Å². The molecule has 0 aliphatic rings. The lowest BCUT2D eigenvalue weighted by Crippen LogP contribution is -1.91. The van der Waals surface area contributed by atoms with Crippen LogP contribution >= 0.6 is 0 Å². The number of methoxy groups -OCH3 is 2.